The first kappa shape index (κ1) is 19.5. The second kappa shape index (κ2) is 8.34. The molecule has 0 aromatic carbocycles. The van der Waals surface area contributed by atoms with Crippen molar-refractivity contribution >= 4 is 23.1 Å². The minimum atomic E-state index is -3.19. The van der Waals surface area contributed by atoms with Gasteiger partial charge in [0.1, 0.15) is 5.69 Å². The number of rotatable bonds is 8. The molecule has 1 aromatic heterocycles. The number of amides is 1. The molecule has 1 heterocycles. The van der Waals surface area contributed by atoms with Gasteiger partial charge in [-0.3, -0.25) is 14.9 Å². The summed E-state index contributed by atoms with van der Waals surface area (Å²) in [5.41, 5.74) is -0.721. The van der Waals surface area contributed by atoms with Crippen LogP contribution in [0.4, 0.5) is 26.0 Å². The van der Waals surface area contributed by atoms with E-state index in [1.807, 2.05) is 19.0 Å². The fourth-order valence-electron chi connectivity index (χ4n) is 1.80. The molecule has 0 spiro atoms. The maximum atomic E-state index is 12.6. The molecule has 0 aliphatic rings. The zero-order valence-corrected chi connectivity index (χ0v) is 13.7. The topological polar surface area (TPSA) is 101 Å². The van der Waals surface area contributed by atoms with Crippen LogP contribution in [-0.4, -0.2) is 61.6 Å². The number of hydrogen-bond donors (Lipinski definition) is 1. The minimum absolute atomic E-state index is 0.133. The number of anilines is 2. The first-order valence-electron chi connectivity index (χ1n) is 6.89. The van der Waals surface area contributed by atoms with Crippen molar-refractivity contribution < 1.29 is 23.2 Å². The van der Waals surface area contributed by atoms with Gasteiger partial charge in [-0.2, -0.15) is 13.8 Å². The number of hydrogen-bond acceptors (Lipinski definition) is 7. The van der Waals surface area contributed by atoms with Crippen molar-refractivity contribution in [3.8, 4) is 5.88 Å². The number of nitro groups is 1. The summed E-state index contributed by atoms with van der Waals surface area (Å²) in [5, 5.41) is 13.5. The molecule has 0 atom stereocenters. The van der Waals surface area contributed by atoms with Crippen LogP contribution in [-0.2, 0) is 4.79 Å². The Morgan fingerprint density at radius 3 is 2.50 bits per heavy atom. The van der Waals surface area contributed by atoms with Crippen LogP contribution in [0.1, 0.15) is 6.92 Å². The van der Waals surface area contributed by atoms with E-state index in [0.717, 1.165) is 13.0 Å². The molecule has 24 heavy (non-hydrogen) atoms. The minimum Gasteiger partial charge on any atom is -0.415 e. The van der Waals surface area contributed by atoms with Gasteiger partial charge in [-0.05, 0) is 14.1 Å². The van der Waals surface area contributed by atoms with E-state index < -0.39 is 29.0 Å². The Morgan fingerprint density at radius 2 is 2.04 bits per heavy atom. The lowest BCUT2D eigenvalue weighted by Crippen LogP contribution is -2.29. The number of nitrogens with zero attached hydrogens (tertiary/aromatic N) is 4. The van der Waals surface area contributed by atoms with Crippen LogP contribution in [0.15, 0.2) is 6.07 Å². The Bertz CT molecular complexity index is 612. The van der Waals surface area contributed by atoms with E-state index in [1.54, 1.807) is 7.05 Å². The standard InChI is InChI=1S/C13H19F2N5O4/c1-8(21)16-9-7-10(20(22)23)11(17-12(9)24-13(14)15)19(4)6-5-18(2)3/h7,13H,5-6H2,1-4H3,(H,16,21). The average molecular weight is 347 g/mol. The van der Waals surface area contributed by atoms with Crippen molar-refractivity contribution in [3.05, 3.63) is 16.2 Å². The van der Waals surface area contributed by atoms with Gasteiger partial charge in [0.05, 0.1) is 4.92 Å². The molecule has 0 saturated heterocycles. The molecule has 0 radical (unpaired) electrons. The first-order valence-corrected chi connectivity index (χ1v) is 6.89. The molecule has 0 bridgehead atoms. The quantitative estimate of drug-likeness (QED) is 0.562. The van der Waals surface area contributed by atoms with Crippen LogP contribution < -0.4 is 15.0 Å². The molecule has 1 N–H and O–H groups in total. The second-order valence-corrected chi connectivity index (χ2v) is 5.23. The van der Waals surface area contributed by atoms with Gasteiger partial charge in [0.2, 0.25) is 17.6 Å². The molecule has 0 aliphatic heterocycles. The predicted octanol–water partition coefficient (Wildman–Crippen LogP) is 1.55. The molecule has 0 unspecified atom stereocenters. The fourth-order valence-corrected chi connectivity index (χ4v) is 1.80. The van der Waals surface area contributed by atoms with Crippen molar-refractivity contribution in [1.82, 2.24) is 9.88 Å². The Kier molecular flexibility index (Phi) is 6.77. The van der Waals surface area contributed by atoms with Crippen LogP contribution in [0, 0.1) is 10.1 Å². The molecule has 9 nitrogen and oxygen atoms in total. The molecule has 134 valence electrons. The van der Waals surface area contributed by atoms with Crippen molar-refractivity contribution in [3.63, 3.8) is 0 Å². The van der Waals surface area contributed by atoms with Crippen LogP contribution in [0.25, 0.3) is 0 Å². The smallest absolute Gasteiger partial charge is 0.388 e. The summed E-state index contributed by atoms with van der Waals surface area (Å²) in [6, 6.07) is 0.952. The van der Waals surface area contributed by atoms with Gasteiger partial charge in [-0.15, -0.1) is 0 Å². The van der Waals surface area contributed by atoms with Crippen LogP contribution in [0.2, 0.25) is 0 Å². The van der Waals surface area contributed by atoms with Crippen molar-refractivity contribution in [2.75, 3.05) is 44.4 Å². The fraction of sp³-hybridized carbons (Fsp3) is 0.538. The number of halogens is 2. The third-order valence-electron chi connectivity index (χ3n) is 2.90. The average Bonchev–Trinajstić information content (AvgIpc) is 2.44. The molecule has 0 saturated carbocycles. The summed E-state index contributed by atoms with van der Waals surface area (Å²) in [6.45, 7) is -1.12. The maximum Gasteiger partial charge on any atom is 0.388 e. The Balaban J connectivity index is 3.33. The van der Waals surface area contributed by atoms with Gasteiger partial charge < -0.3 is 19.9 Å². The van der Waals surface area contributed by atoms with E-state index in [4.69, 9.17) is 0 Å². The number of nitrogens with one attached hydrogen (secondary N) is 1. The van der Waals surface area contributed by atoms with E-state index in [1.165, 1.54) is 4.90 Å². The Labute approximate surface area is 137 Å². The summed E-state index contributed by atoms with van der Waals surface area (Å²) in [7, 11) is 5.19. The van der Waals surface area contributed by atoms with Gasteiger partial charge in [0, 0.05) is 33.1 Å². The lowest BCUT2D eigenvalue weighted by molar-refractivity contribution is -0.384. The van der Waals surface area contributed by atoms with Crippen LogP contribution in [0.3, 0.4) is 0 Å². The predicted molar refractivity (Wildman–Crippen MR) is 83.7 cm³/mol. The van der Waals surface area contributed by atoms with Crippen LogP contribution >= 0.6 is 0 Å². The number of carbonyl (C=O) groups is 1. The van der Waals surface area contributed by atoms with Crippen molar-refractivity contribution in [2.45, 2.75) is 13.5 Å². The summed E-state index contributed by atoms with van der Waals surface area (Å²) in [6.07, 6.45) is 0. The maximum absolute atomic E-state index is 12.6. The molecule has 0 fully saturated rings. The van der Waals surface area contributed by atoms with Gasteiger partial charge >= 0.3 is 12.3 Å². The Morgan fingerprint density at radius 1 is 1.42 bits per heavy atom. The number of alkyl halides is 2. The molecular weight excluding hydrogens is 328 g/mol. The summed E-state index contributed by atoms with van der Waals surface area (Å²) in [4.78, 5) is 28.8. The van der Waals surface area contributed by atoms with Crippen molar-refractivity contribution in [2.24, 2.45) is 0 Å². The SMILES string of the molecule is CC(=O)Nc1cc([N+](=O)[O-])c(N(C)CCN(C)C)nc1OC(F)F. The highest BCUT2D eigenvalue weighted by molar-refractivity contribution is 5.91. The number of likely N-dealkylation sites (N-methyl/N-ethyl adjacent to an activating group) is 2. The zero-order chi connectivity index (χ0) is 18.4. The summed E-state index contributed by atoms with van der Waals surface area (Å²) in [5.74, 6) is -1.32. The second-order valence-electron chi connectivity index (χ2n) is 5.23. The normalized spacial score (nSPS) is 10.8. The van der Waals surface area contributed by atoms with Gasteiger partial charge in [0.15, 0.2) is 0 Å². The van der Waals surface area contributed by atoms with Crippen molar-refractivity contribution in [1.29, 1.82) is 0 Å². The summed E-state index contributed by atoms with van der Waals surface area (Å²) < 4.78 is 29.4. The lowest BCUT2D eigenvalue weighted by atomic mass is 10.3. The van der Waals surface area contributed by atoms with Gasteiger partial charge in [-0.1, -0.05) is 0 Å². The Hall–Kier alpha value is -2.56. The molecule has 11 heteroatoms. The molecule has 1 aromatic rings. The van der Waals surface area contributed by atoms with E-state index >= 15 is 0 Å². The number of aromatic nitrogens is 1. The lowest BCUT2D eigenvalue weighted by Gasteiger charge is -2.21. The highest BCUT2D eigenvalue weighted by Gasteiger charge is 2.25. The van der Waals surface area contributed by atoms with Crippen LogP contribution in [0.5, 0.6) is 5.88 Å². The first-order chi connectivity index (χ1) is 11.1. The largest absolute Gasteiger partial charge is 0.415 e. The zero-order valence-electron chi connectivity index (χ0n) is 13.7. The number of pyridine rings is 1. The number of ether oxygens (including phenoxy) is 1. The molecular formula is C13H19F2N5O4. The van der Waals surface area contributed by atoms with Gasteiger partial charge in [-0.25, -0.2) is 0 Å². The third kappa shape index (κ3) is 5.57. The van der Waals surface area contributed by atoms with E-state index in [2.05, 4.69) is 15.0 Å². The highest BCUT2D eigenvalue weighted by atomic mass is 19.3. The highest BCUT2D eigenvalue weighted by Crippen LogP contribution is 2.35. The van der Waals surface area contributed by atoms with Gasteiger partial charge in [0.25, 0.3) is 0 Å². The third-order valence-corrected chi connectivity index (χ3v) is 2.90. The molecule has 0 aliphatic carbocycles. The number of carbonyl (C=O) groups excluding carboxylic acids is 1. The molecule has 1 rings (SSSR count). The molecule has 1 amide bonds. The van der Waals surface area contributed by atoms with E-state index in [-0.39, 0.29) is 11.5 Å². The monoisotopic (exact) mass is 347 g/mol. The van der Waals surface area contributed by atoms with E-state index in [9.17, 15) is 23.7 Å². The van der Waals surface area contributed by atoms with E-state index in [0.29, 0.717) is 13.1 Å². The summed E-state index contributed by atoms with van der Waals surface area (Å²) >= 11 is 0.